The van der Waals surface area contributed by atoms with Gasteiger partial charge in [-0.15, -0.1) is 0 Å². The first-order valence-electron chi connectivity index (χ1n) is 8.90. The summed E-state index contributed by atoms with van der Waals surface area (Å²) in [5.74, 6) is 1.17. The molecule has 0 radical (unpaired) electrons. The maximum Gasteiger partial charge on any atom is 0.255 e. The average molecular weight is 396 g/mol. The number of hydrogen-bond acceptors (Lipinski definition) is 3. The fraction of sp³-hybridized carbons (Fsp3) is 0.174. The van der Waals surface area contributed by atoms with Crippen molar-refractivity contribution in [1.29, 1.82) is 0 Å². The molecule has 0 bridgehead atoms. The Balaban J connectivity index is 1.76. The van der Waals surface area contributed by atoms with E-state index in [-0.39, 0.29) is 12.5 Å². The highest BCUT2D eigenvalue weighted by atomic mass is 35.5. The lowest BCUT2D eigenvalue weighted by Gasteiger charge is -2.13. The zero-order valence-corrected chi connectivity index (χ0v) is 16.8. The molecular weight excluding hydrogens is 374 g/mol. The van der Waals surface area contributed by atoms with Crippen molar-refractivity contribution in [3.8, 4) is 11.5 Å². The molecule has 0 aromatic heterocycles. The highest BCUT2D eigenvalue weighted by Crippen LogP contribution is 2.24. The summed E-state index contributed by atoms with van der Waals surface area (Å²) in [5, 5.41) is 3.58. The lowest BCUT2D eigenvalue weighted by atomic mass is 10.1. The number of benzene rings is 3. The van der Waals surface area contributed by atoms with E-state index in [4.69, 9.17) is 21.1 Å². The Labute approximate surface area is 170 Å². The van der Waals surface area contributed by atoms with Gasteiger partial charge in [-0.25, -0.2) is 0 Å². The molecule has 3 aromatic rings. The van der Waals surface area contributed by atoms with Crippen LogP contribution in [-0.4, -0.2) is 13.0 Å². The highest BCUT2D eigenvalue weighted by Gasteiger charge is 2.12. The zero-order chi connectivity index (χ0) is 20.1. The number of amides is 1. The summed E-state index contributed by atoms with van der Waals surface area (Å²) >= 11 is 5.90. The van der Waals surface area contributed by atoms with Gasteiger partial charge in [0.15, 0.2) is 0 Å². The normalized spacial score (nSPS) is 10.4. The van der Waals surface area contributed by atoms with Gasteiger partial charge in [-0.1, -0.05) is 17.7 Å². The molecule has 0 aliphatic carbocycles. The highest BCUT2D eigenvalue weighted by molar-refractivity contribution is 6.30. The number of rotatable bonds is 6. The molecule has 0 saturated carbocycles. The van der Waals surface area contributed by atoms with Gasteiger partial charge < -0.3 is 14.8 Å². The standard InChI is InChI=1S/C23H22ClNO3/c1-15-4-8-20(12-16(15)2)25-23(26)17-5-11-22(27-3)18(13-17)14-28-21-9-6-19(24)7-10-21/h4-13H,14H2,1-3H3,(H,25,26). The van der Waals surface area contributed by atoms with Gasteiger partial charge in [0.05, 0.1) is 7.11 Å². The molecule has 4 nitrogen and oxygen atoms in total. The number of halogens is 1. The maximum absolute atomic E-state index is 12.7. The molecule has 28 heavy (non-hydrogen) atoms. The van der Waals surface area contributed by atoms with Gasteiger partial charge in [-0.3, -0.25) is 4.79 Å². The Bertz CT molecular complexity index is 984. The molecule has 0 heterocycles. The molecule has 0 atom stereocenters. The van der Waals surface area contributed by atoms with Gasteiger partial charge in [-0.2, -0.15) is 0 Å². The molecule has 0 fully saturated rings. The largest absolute Gasteiger partial charge is 0.496 e. The van der Waals surface area contributed by atoms with Gasteiger partial charge in [-0.05, 0) is 79.6 Å². The number of methoxy groups -OCH3 is 1. The number of nitrogens with one attached hydrogen (secondary N) is 1. The minimum atomic E-state index is -0.182. The van der Waals surface area contributed by atoms with Crippen molar-refractivity contribution in [2.75, 3.05) is 12.4 Å². The van der Waals surface area contributed by atoms with Gasteiger partial charge in [0.1, 0.15) is 18.1 Å². The molecule has 144 valence electrons. The van der Waals surface area contributed by atoms with Gasteiger partial charge in [0.25, 0.3) is 5.91 Å². The summed E-state index contributed by atoms with van der Waals surface area (Å²) in [6.07, 6.45) is 0. The molecule has 0 spiro atoms. The number of hydrogen-bond donors (Lipinski definition) is 1. The summed E-state index contributed by atoms with van der Waals surface area (Å²) < 4.78 is 11.2. The summed E-state index contributed by atoms with van der Waals surface area (Å²) in [4.78, 5) is 12.7. The van der Waals surface area contributed by atoms with E-state index in [9.17, 15) is 4.79 Å². The molecule has 0 saturated heterocycles. The Morgan fingerprint density at radius 3 is 2.39 bits per heavy atom. The predicted molar refractivity (Wildman–Crippen MR) is 113 cm³/mol. The quantitative estimate of drug-likeness (QED) is 0.574. The Kier molecular flexibility index (Phi) is 6.22. The van der Waals surface area contributed by atoms with Crippen LogP contribution >= 0.6 is 11.6 Å². The monoisotopic (exact) mass is 395 g/mol. The third-order valence-electron chi connectivity index (χ3n) is 4.52. The van der Waals surface area contributed by atoms with Crippen molar-refractivity contribution < 1.29 is 14.3 Å². The third-order valence-corrected chi connectivity index (χ3v) is 4.77. The van der Waals surface area contributed by atoms with Crippen molar-refractivity contribution in [3.05, 3.63) is 87.9 Å². The van der Waals surface area contributed by atoms with Gasteiger partial charge >= 0.3 is 0 Å². The summed E-state index contributed by atoms with van der Waals surface area (Å²) in [5.41, 5.74) is 4.40. The SMILES string of the molecule is COc1ccc(C(=O)Nc2ccc(C)c(C)c2)cc1COc1ccc(Cl)cc1. The summed E-state index contributed by atoms with van der Waals surface area (Å²) in [7, 11) is 1.59. The van der Waals surface area contributed by atoms with Gasteiger partial charge in [0.2, 0.25) is 0 Å². The van der Waals surface area contributed by atoms with Crippen LogP contribution in [-0.2, 0) is 6.61 Å². The maximum atomic E-state index is 12.7. The van der Waals surface area contributed by atoms with E-state index < -0.39 is 0 Å². The molecule has 3 rings (SSSR count). The number of aryl methyl sites for hydroxylation is 2. The van der Waals surface area contributed by atoms with E-state index in [1.807, 2.05) is 32.0 Å². The molecule has 1 amide bonds. The van der Waals surface area contributed by atoms with Crippen molar-refractivity contribution in [3.63, 3.8) is 0 Å². The molecule has 0 aliphatic rings. The number of anilines is 1. The lowest BCUT2D eigenvalue weighted by molar-refractivity contribution is 0.102. The van der Waals surface area contributed by atoms with Crippen LogP contribution in [0.4, 0.5) is 5.69 Å². The second kappa shape index (κ2) is 8.81. The van der Waals surface area contributed by atoms with Crippen LogP contribution in [0.15, 0.2) is 60.7 Å². The van der Waals surface area contributed by atoms with E-state index >= 15 is 0 Å². The van der Waals surface area contributed by atoms with Crippen LogP contribution in [0.2, 0.25) is 5.02 Å². The van der Waals surface area contributed by atoms with Crippen LogP contribution in [0.3, 0.4) is 0 Å². The predicted octanol–water partition coefficient (Wildman–Crippen LogP) is 5.80. The average Bonchev–Trinajstić information content (AvgIpc) is 2.70. The van der Waals surface area contributed by atoms with E-state index in [0.717, 1.165) is 16.8 Å². The number of carbonyl (C=O) groups is 1. The van der Waals surface area contributed by atoms with Crippen molar-refractivity contribution in [2.24, 2.45) is 0 Å². The van der Waals surface area contributed by atoms with Gasteiger partial charge in [0, 0.05) is 21.8 Å². The first-order chi connectivity index (χ1) is 13.5. The van der Waals surface area contributed by atoms with E-state index in [1.54, 1.807) is 49.6 Å². The summed E-state index contributed by atoms with van der Waals surface area (Å²) in [6.45, 7) is 4.33. The fourth-order valence-corrected chi connectivity index (χ4v) is 2.87. The Hall–Kier alpha value is -2.98. The Morgan fingerprint density at radius 1 is 0.964 bits per heavy atom. The second-order valence-corrected chi connectivity index (χ2v) is 6.96. The molecule has 3 aromatic carbocycles. The zero-order valence-electron chi connectivity index (χ0n) is 16.1. The van der Waals surface area contributed by atoms with Crippen LogP contribution in [0, 0.1) is 13.8 Å². The smallest absolute Gasteiger partial charge is 0.255 e. The van der Waals surface area contributed by atoms with Crippen molar-refractivity contribution in [1.82, 2.24) is 0 Å². The topological polar surface area (TPSA) is 47.6 Å². The van der Waals surface area contributed by atoms with Crippen molar-refractivity contribution in [2.45, 2.75) is 20.5 Å². The lowest BCUT2D eigenvalue weighted by Crippen LogP contribution is -2.13. The first-order valence-corrected chi connectivity index (χ1v) is 9.28. The number of ether oxygens (including phenoxy) is 2. The van der Waals surface area contributed by atoms with Crippen LogP contribution in [0.25, 0.3) is 0 Å². The Morgan fingerprint density at radius 2 is 1.71 bits per heavy atom. The van der Waals surface area contributed by atoms with Crippen LogP contribution in [0.5, 0.6) is 11.5 Å². The molecule has 0 aliphatic heterocycles. The fourth-order valence-electron chi connectivity index (χ4n) is 2.75. The minimum absolute atomic E-state index is 0.182. The second-order valence-electron chi connectivity index (χ2n) is 6.52. The minimum Gasteiger partial charge on any atom is -0.496 e. The summed E-state index contributed by atoms with van der Waals surface area (Å²) in [6, 6.07) is 18.3. The van der Waals surface area contributed by atoms with Crippen LogP contribution < -0.4 is 14.8 Å². The molecule has 0 unspecified atom stereocenters. The van der Waals surface area contributed by atoms with Crippen molar-refractivity contribution >= 4 is 23.2 Å². The third kappa shape index (κ3) is 4.84. The molecule has 1 N–H and O–H groups in total. The van der Waals surface area contributed by atoms with Crippen LogP contribution in [0.1, 0.15) is 27.0 Å². The first kappa shape index (κ1) is 19.8. The van der Waals surface area contributed by atoms with E-state index in [2.05, 4.69) is 5.32 Å². The van der Waals surface area contributed by atoms with E-state index in [0.29, 0.717) is 22.1 Å². The van der Waals surface area contributed by atoms with E-state index in [1.165, 1.54) is 5.56 Å². The molecule has 5 heteroatoms. The number of carbonyl (C=O) groups excluding carboxylic acids is 1. The molecular formula is C23H22ClNO3.